The number of nitrogens with zero attached hydrogens (tertiary/aromatic N) is 1. The van der Waals surface area contributed by atoms with Gasteiger partial charge in [0, 0.05) is 31.5 Å². The van der Waals surface area contributed by atoms with E-state index in [2.05, 4.69) is 29.6 Å². The third-order valence-corrected chi connectivity index (χ3v) is 8.05. The lowest BCUT2D eigenvalue weighted by Gasteiger charge is -2.36. The fourth-order valence-corrected chi connectivity index (χ4v) is 6.27. The molecule has 3 aliphatic rings. The summed E-state index contributed by atoms with van der Waals surface area (Å²) < 4.78 is 5.64. The number of hydrogen-bond donors (Lipinski definition) is 2. The molecule has 2 aromatic rings. The normalized spacial score (nSPS) is 23.3. The number of carbonyl (C=O) groups is 3. The van der Waals surface area contributed by atoms with Gasteiger partial charge in [-0.15, -0.1) is 0 Å². The summed E-state index contributed by atoms with van der Waals surface area (Å²) in [5.74, 6) is -1.05. The summed E-state index contributed by atoms with van der Waals surface area (Å²) in [6, 6.07) is 16.1. The number of carboxylic acids is 1. The molecule has 2 aromatic carbocycles. The summed E-state index contributed by atoms with van der Waals surface area (Å²) in [7, 11) is 0. The highest BCUT2D eigenvalue weighted by molar-refractivity contribution is 5.80. The van der Waals surface area contributed by atoms with Crippen molar-refractivity contribution in [3.8, 4) is 11.1 Å². The minimum Gasteiger partial charge on any atom is -0.481 e. The lowest BCUT2D eigenvalue weighted by molar-refractivity contribution is -0.149. The molecule has 2 aliphatic carbocycles. The molecular weight excluding hydrogens is 444 g/mol. The molecule has 2 amide bonds. The number of hydrogen-bond acceptors (Lipinski definition) is 4. The largest absolute Gasteiger partial charge is 0.481 e. The Hall–Kier alpha value is -3.35. The second kappa shape index (κ2) is 9.72. The van der Waals surface area contributed by atoms with Crippen molar-refractivity contribution in [2.75, 3.05) is 19.7 Å². The molecule has 1 saturated heterocycles. The summed E-state index contributed by atoms with van der Waals surface area (Å²) in [5, 5.41) is 12.4. The van der Waals surface area contributed by atoms with E-state index in [1.54, 1.807) is 4.90 Å². The quantitative estimate of drug-likeness (QED) is 0.622. The molecule has 1 aliphatic heterocycles. The minimum atomic E-state index is -0.743. The first-order valence-corrected chi connectivity index (χ1v) is 12.6. The van der Waals surface area contributed by atoms with Crippen molar-refractivity contribution in [1.82, 2.24) is 10.2 Å². The summed E-state index contributed by atoms with van der Waals surface area (Å²) in [4.78, 5) is 39.0. The summed E-state index contributed by atoms with van der Waals surface area (Å²) in [5.41, 5.74) is 4.66. The van der Waals surface area contributed by atoms with E-state index in [-0.39, 0.29) is 48.6 Å². The Morgan fingerprint density at radius 2 is 1.57 bits per heavy atom. The van der Waals surface area contributed by atoms with Crippen LogP contribution in [0.1, 0.15) is 49.7 Å². The van der Waals surface area contributed by atoms with Crippen LogP contribution < -0.4 is 5.32 Å². The fraction of sp³-hybridized carbons (Fsp3) is 0.464. The number of nitrogens with one attached hydrogen (secondary N) is 1. The van der Waals surface area contributed by atoms with Crippen LogP contribution in [0.4, 0.5) is 4.79 Å². The molecule has 0 radical (unpaired) electrons. The van der Waals surface area contributed by atoms with Gasteiger partial charge in [-0.3, -0.25) is 9.59 Å². The summed E-state index contributed by atoms with van der Waals surface area (Å²) >= 11 is 0. The van der Waals surface area contributed by atoms with Crippen LogP contribution in [-0.4, -0.2) is 53.7 Å². The summed E-state index contributed by atoms with van der Waals surface area (Å²) in [6.45, 7) is 3.15. The minimum absolute atomic E-state index is 0.0131. The third kappa shape index (κ3) is 4.51. The van der Waals surface area contributed by atoms with E-state index >= 15 is 0 Å². The molecule has 3 atom stereocenters. The molecule has 7 nitrogen and oxygen atoms in total. The monoisotopic (exact) mass is 476 g/mol. The topological polar surface area (TPSA) is 95.9 Å². The number of benzene rings is 2. The maximum atomic E-state index is 13.0. The maximum absolute atomic E-state index is 13.0. The van der Waals surface area contributed by atoms with Gasteiger partial charge in [-0.2, -0.15) is 0 Å². The standard InChI is InChI=1S/C28H32N2O5/c1-2-19(13-25(31)30-14-17-11-12-18(15-30)26(17)27(32)33)29-28(34)35-16-24-22-9-5-3-7-20(22)21-8-4-6-10-23(21)24/h3-10,17-19,24,26H,2,11-16H2,1H3,(H,29,34)(H,32,33)/t17?,18?,19-,26?/m1/s1. The SMILES string of the molecule is CC[C@H](CC(=O)N1CC2CCC(C1)C2C(=O)O)NC(=O)OCC1c2ccccc2-c2ccccc21. The lowest BCUT2D eigenvalue weighted by Crippen LogP contribution is -2.49. The van der Waals surface area contributed by atoms with E-state index < -0.39 is 12.1 Å². The van der Waals surface area contributed by atoms with Crippen LogP contribution in [0.25, 0.3) is 11.1 Å². The van der Waals surface area contributed by atoms with Crippen LogP contribution >= 0.6 is 0 Å². The van der Waals surface area contributed by atoms with Crippen molar-refractivity contribution in [3.63, 3.8) is 0 Å². The van der Waals surface area contributed by atoms with Gasteiger partial charge in [0.2, 0.25) is 5.91 Å². The average Bonchev–Trinajstić information content (AvgIpc) is 3.33. The number of rotatable bonds is 7. The van der Waals surface area contributed by atoms with Gasteiger partial charge in [-0.25, -0.2) is 4.79 Å². The maximum Gasteiger partial charge on any atom is 0.407 e. The number of aliphatic carboxylic acids is 1. The van der Waals surface area contributed by atoms with Crippen molar-refractivity contribution in [3.05, 3.63) is 59.7 Å². The number of carboxylic acid groups (broad SMARTS) is 1. The van der Waals surface area contributed by atoms with Gasteiger partial charge in [0.05, 0.1) is 5.92 Å². The Morgan fingerprint density at radius 1 is 1.00 bits per heavy atom. The smallest absolute Gasteiger partial charge is 0.407 e. The van der Waals surface area contributed by atoms with Crippen LogP contribution in [0.3, 0.4) is 0 Å². The molecule has 184 valence electrons. The van der Waals surface area contributed by atoms with E-state index in [9.17, 15) is 19.5 Å². The van der Waals surface area contributed by atoms with Crippen molar-refractivity contribution < 1.29 is 24.2 Å². The fourth-order valence-electron chi connectivity index (χ4n) is 6.27. The van der Waals surface area contributed by atoms with E-state index in [4.69, 9.17) is 4.74 Å². The molecule has 5 rings (SSSR count). The highest BCUT2D eigenvalue weighted by atomic mass is 16.5. The molecule has 7 heteroatoms. The molecule has 0 spiro atoms. The van der Waals surface area contributed by atoms with Crippen LogP contribution in [0.15, 0.2) is 48.5 Å². The van der Waals surface area contributed by atoms with E-state index in [1.807, 2.05) is 31.2 Å². The van der Waals surface area contributed by atoms with Crippen molar-refractivity contribution in [2.24, 2.45) is 17.8 Å². The van der Waals surface area contributed by atoms with Gasteiger partial charge in [-0.1, -0.05) is 55.5 Å². The Kier molecular flexibility index (Phi) is 6.50. The first kappa shape index (κ1) is 23.4. The Balaban J connectivity index is 1.16. The third-order valence-electron chi connectivity index (χ3n) is 8.05. The van der Waals surface area contributed by atoms with Crippen molar-refractivity contribution in [1.29, 1.82) is 0 Å². The second-order valence-corrected chi connectivity index (χ2v) is 10.0. The highest BCUT2D eigenvalue weighted by Crippen LogP contribution is 2.44. The van der Waals surface area contributed by atoms with E-state index in [0.29, 0.717) is 19.5 Å². The van der Waals surface area contributed by atoms with Gasteiger partial charge in [-0.05, 0) is 53.4 Å². The van der Waals surface area contributed by atoms with Crippen molar-refractivity contribution in [2.45, 2.75) is 44.6 Å². The van der Waals surface area contributed by atoms with Crippen LogP contribution in [0.5, 0.6) is 0 Å². The predicted octanol–water partition coefficient (Wildman–Crippen LogP) is 4.26. The van der Waals surface area contributed by atoms with Gasteiger partial charge in [0.1, 0.15) is 6.61 Å². The van der Waals surface area contributed by atoms with E-state index in [1.165, 1.54) is 11.1 Å². The predicted molar refractivity (Wildman–Crippen MR) is 131 cm³/mol. The number of carbonyl (C=O) groups excluding carboxylic acids is 2. The van der Waals surface area contributed by atoms with Crippen LogP contribution in [-0.2, 0) is 14.3 Å². The van der Waals surface area contributed by atoms with Gasteiger partial charge in [0.25, 0.3) is 0 Å². The molecule has 35 heavy (non-hydrogen) atoms. The number of alkyl carbamates (subject to hydrolysis) is 1. The van der Waals surface area contributed by atoms with Crippen molar-refractivity contribution >= 4 is 18.0 Å². The molecule has 2 N–H and O–H groups in total. The number of fused-ring (bicyclic) bond motifs is 5. The molecule has 1 heterocycles. The number of amides is 2. The average molecular weight is 477 g/mol. The highest BCUT2D eigenvalue weighted by Gasteiger charge is 2.47. The molecule has 2 fully saturated rings. The first-order chi connectivity index (χ1) is 17.0. The van der Waals surface area contributed by atoms with Gasteiger partial charge < -0.3 is 20.1 Å². The molecule has 2 unspecified atom stereocenters. The zero-order chi connectivity index (χ0) is 24.5. The second-order valence-electron chi connectivity index (χ2n) is 10.0. The van der Waals surface area contributed by atoms with Crippen LogP contribution in [0.2, 0.25) is 0 Å². The Labute approximate surface area is 205 Å². The lowest BCUT2D eigenvalue weighted by atomic mass is 9.85. The van der Waals surface area contributed by atoms with Gasteiger partial charge in [0.15, 0.2) is 0 Å². The molecule has 1 saturated carbocycles. The van der Waals surface area contributed by atoms with Gasteiger partial charge >= 0.3 is 12.1 Å². The summed E-state index contributed by atoms with van der Waals surface area (Å²) in [6.07, 6.45) is 2.00. The van der Waals surface area contributed by atoms with E-state index in [0.717, 1.165) is 24.0 Å². The van der Waals surface area contributed by atoms with Crippen LogP contribution in [0, 0.1) is 17.8 Å². The Morgan fingerprint density at radius 3 is 2.11 bits per heavy atom. The zero-order valence-electron chi connectivity index (χ0n) is 20.0. The number of likely N-dealkylation sites (tertiary alicyclic amines) is 1. The zero-order valence-corrected chi connectivity index (χ0v) is 20.0. The molecule has 0 aromatic heterocycles. The number of piperidine rings is 1. The Bertz CT molecular complexity index is 1070. The first-order valence-electron chi connectivity index (χ1n) is 12.6. The molecule has 2 bridgehead atoms. The molecular formula is C28H32N2O5. The number of ether oxygens (including phenoxy) is 1.